The average Bonchev–Trinajstić information content (AvgIpc) is 2.82. The lowest BCUT2D eigenvalue weighted by Gasteiger charge is -2.33. The van der Waals surface area contributed by atoms with Crippen LogP contribution in [0.5, 0.6) is 0 Å². The minimum Gasteiger partial charge on any atom is -0.354 e. The van der Waals surface area contributed by atoms with Gasteiger partial charge in [0.05, 0.1) is 0 Å². The van der Waals surface area contributed by atoms with Crippen LogP contribution in [0.4, 0.5) is 5.82 Å². The molecule has 1 saturated heterocycles. The molecule has 0 radical (unpaired) electrons. The number of thioether (sulfide) groups is 1. The van der Waals surface area contributed by atoms with Gasteiger partial charge in [0.1, 0.15) is 5.82 Å². The third-order valence-electron chi connectivity index (χ3n) is 5.38. The molecule has 1 aromatic carbocycles. The summed E-state index contributed by atoms with van der Waals surface area (Å²) in [5, 5.41) is 3.72. The van der Waals surface area contributed by atoms with E-state index >= 15 is 0 Å². The number of nitrogens with one attached hydrogen (secondary N) is 1. The fourth-order valence-corrected chi connectivity index (χ4v) is 4.37. The van der Waals surface area contributed by atoms with Crippen molar-refractivity contribution in [3.05, 3.63) is 77.2 Å². The van der Waals surface area contributed by atoms with E-state index in [1.807, 2.05) is 43.3 Å². The Morgan fingerprint density at radius 2 is 1.88 bits per heavy atom. The Morgan fingerprint density at radius 1 is 1.06 bits per heavy atom. The third-order valence-corrected chi connectivity index (χ3v) is 6.30. The van der Waals surface area contributed by atoms with Crippen molar-refractivity contribution in [2.24, 2.45) is 0 Å². The van der Waals surface area contributed by atoms with Crippen LogP contribution < -0.4 is 10.2 Å². The van der Waals surface area contributed by atoms with Crippen LogP contribution in [0.15, 0.2) is 60.0 Å². The normalized spacial score (nSPS) is 14.4. The van der Waals surface area contributed by atoms with Gasteiger partial charge in [-0.2, -0.15) is 0 Å². The van der Waals surface area contributed by atoms with Gasteiger partial charge in [0, 0.05) is 68.2 Å². The number of aryl methyl sites for hydroxylation is 1. The van der Waals surface area contributed by atoms with Crippen molar-refractivity contribution in [1.82, 2.24) is 25.2 Å². The van der Waals surface area contributed by atoms with Crippen molar-refractivity contribution < 1.29 is 4.79 Å². The molecule has 7 nitrogen and oxygen atoms in total. The van der Waals surface area contributed by atoms with Crippen LogP contribution in [0.1, 0.15) is 27.2 Å². The van der Waals surface area contributed by atoms with E-state index in [1.54, 1.807) is 24.2 Å². The Morgan fingerprint density at radius 3 is 2.66 bits per heavy atom. The lowest BCUT2D eigenvalue weighted by Crippen LogP contribution is -2.44. The number of piperazine rings is 1. The molecule has 0 spiro atoms. The van der Waals surface area contributed by atoms with E-state index in [0.717, 1.165) is 54.0 Å². The highest BCUT2D eigenvalue weighted by atomic mass is 32.2. The van der Waals surface area contributed by atoms with Gasteiger partial charge in [0.2, 0.25) is 0 Å². The number of likely N-dealkylation sites (N-methyl/N-ethyl adjacent to an activating group) is 1. The zero-order valence-corrected chi connectivity index (χ0v) is 19.3. The van der Waals surface area contributed by atoms with Crippen molar-refractivity contribution in [2.75, 3.05) is 38.1 Å². The number of hydrogen-bond acceptors (Lipinski definition) is 7. The van der Waals surface area contributed by atoms with Crippen molar-refractivity contribution in [2.45, 2.75) is 24.4 Å². The number of nitrogens with zero attached hydrogens (tertiary/aromatic N) is 5. The number of amides is 1. The van der Waals surface area contributed by atoms with Crippen molar-refractivity contribution >= 4 is 23.5 Å². The maximum Gasteiger partial charge on any atom is 0.251 e. The Bertz CT molecular complexity index is 1050. The first-order chi connectivity index (χ1) is 15.6. The van der Waals surface area contributed by atoms with E-state index in [-0.39, 0.29) is 5.91 Å². The molecular weight excluding hydrogens is 420 g/mol. The van der Waals surface area contributed by atoms with Crippen LogP contribution in [0.2, 0.25) is 0 Å². The largest absolute Gasteiger partial charge is 0.354 e. The van der Waals surface area contributed by atoms with Gasteiger partial charge in [0.15, 0.2) is 5.16 Å². The van der Waals surface area contributed by atoms with Crippen molar-refractivity contribution in [1.29, 1.82) is 0 Å². The topological polar surface area (TPSA) is 74.2 Å². The summed E-state index contributed by atoms with van der Waals surface area (Å²) < 4.78 is 0. The lowest BCUT2D eigenvalue weighted by atomic mass is 10.1. The van der Waals surface area contributed by atoms with Gasteiger partial charge in [-0.25, -0.2) is 9.97 Å². The molecule has 1 N–H and O–H groups in total. The number of carbonyl (C=O) groups is 1. The highest BCUT2D eigenvalue weighted by Gasteiger charge is 2.17. The van der Waals surface area contributed by atoms with E-state index < -0.39 is 0 Å². The summed E-state index contributed by atoms with van der Waals surface area (Å²) in [6.45, 7) is 6.51. The van der Waals surface area contributed by atoms with Crippen LogP contribution in [-0.4, -0.2) is 59.0 Å². The van der Waals surface area contributed by atoms with Crippen LogP contribution in [0.25, 0.3) is 0 Å². The number of benzene rings is 1. The highest BCUT2D eigenvalue weighted by molar-refractivity contribution is 7.98. The maximum absolute atomic E-state index is 12.6. The SMILES string of the molecule is Cc1cc(N2CCN(C)CC2)nc(SCc2cccc(C(=O)NCc3cccnc3)c2)n1. The monoisotopic (exact) mass is 448 g/mol. The molecule has 1 fully saturated rings. The quantitative estimate of drug-likeness (QED) is 0.440. The minimum atomic E-state index is -0.0927. The Balaban J connectivity index is 1.37. The molecule has 8 heteroatoms. The predicted molar refractivity (Wildman–Crippen MR) is 128 cm³/mol. The standard InChI is InChI=1S/C24H28N6OS/c1-18-13-22(30-11-9-29(2)10-12-30)28-24(27-18)32-17-19-5-3-7-21(14-19)23(31)26-16-20-6-4-8-25-15-20/h3-8,13-15H,9-12,16-17H2,1-2H3,(H,26,31). The first-order valence-corrected chi connectivity index (χ1v) is 11.7. The van der Waals surface area contributed by atoms with Gasteiger partial charge in [-0.3, -0.25) is 9.78 Å². The lowest BCUT2D eigenvalue weighted by molar-refractivity contribution is 0.0951. The highest BCUT2D eigenvalue weighted by Crippen LogP contribution is 2.24. The van der Waals surface area contributed by atoms with E-state index in [0.29, 0.717) is 17.9 Å². The molecule has 0 unspecified atom stereocenters. The number of aromatic nitrogens is 3. The summed E-state index contributed by atoms with van der Waals surface area (Å²) in [6.07, 6.45) is 3.48. The van der Waals surface area contributed by atoms with Gasteiger partial charge in [-0.1, -0.05) is 30.0 Å². The first kappa shape index (κ1) is 22.2. The minimum absolute atomic E-state index is 0.0927. The summed E-state index contributed by atoms with van der Waals surface area (Å²) in [5.74, 6) is 1.61. The second kappa shape index (κ2) is 10.6. The molecule has 166 valence electrons. The summed E-state index contributed by atoms with van der Waals surface area (Å²) in [6, 6.07) is 13.6. The molecule has 1 aliphatic heterocycles. The van der Waals surface area contributed by atoms with E-state index in [2.05, 4.69) is 38.2 Å². The second-order valence-electron chi connectivity index (χ2n) is 7.97. The van der Waals surface area contributed by atoms with Gasteiger partial charge in [0.25, 0.3) is 5.91 Å². The van der Waals surface area contributed by atoms with Crippen LogP contribution >= 0.6 is 11.8 Å². The molecule has 0 bridgehead atoms. The van der Waals surface area contributed by atoms with Gasteiger partial charge in [-0.15, -0.1) is 0 Å². The zero-order valence-electron chi connectivity index (χ0n) is 18.5. The van der Waals surface area contributed by atoms with E-state index in [9.17, 15) is 4.79 Å². The Hall–Kier alpha value is -2.97. The van der Waals surface area contributed by atoms with Crippen LogP contribution in [0, 0.1) is 6.92 Å². The van der Waals surface area contributed by atoms with E-state index in [1.165, 1.54) is 0 Å². The molecule has 32 heavy (non-hydrogen) atoms. The number of carbonyl (C=O) groups excluding carboxylic acids is 1. The molecule has 1 aliphatic rings. The second-order valence-corrected chi connectivity index (χ2v) is 8.92. The number of rotatable bonds is 7. The number of hydrogen-bond donors (Lipinski definition) is 1. The predicted octanol–water partition coefficient (Wildman–Crippen LogP) is 3.15. The maximum atomic E-state index is 12.6. The van der Waals surface area contributed by atoms with Gasteiger partial charge >= 0.3 is 0 Å². The van der Waals surface area contributed by atoms with Crippen LogP contribution in [-0.2, 0) is 12.3 Å². The summed E-state index contributed by atoms with van der Waals surface area (Å²) in [4.78, 5) is 30.7. The smallest absolute Gasteiger partial charge is 0.251 e. The molecule has 4 rings (SSSR count). The van der Waals surface area contributed by atoms with E-state index in [4.69, 9.17) is 4.98 Å². The molecule has 0 aliphatic carbocycles. The fourth-order valence-electron chi connectivity index (χ4n) is 3.52. The Kier molecular flexibility index (Phi) is 7.34. The Labute approximate surface area is 193 Å². The number of pyridine rings is 1. The molecular formula is C24H28N6OS. The first-order valence-electron chi connectivity index (χ1n) is 10.7. The van der Waals surface area contributed by atoms with Gasteiger partial charge < -0.3 is 15.1 Å². The zero-order chi connectivity index (χ0) is 22.3. The summed E-state index contributed by atoms with van der Waals surface area (Å²) in [5.41, 5.74) is 3.66. The average molecular weight is 449 g/mol. The fraction of sp³-hybridized carbons (Fsp3) is 0.333. The van der Waals surface area contributed by atoms with Crippen molar-refractivity contribution in [3.63, 3.8) is 0 Å². The molecule has 1 amide bonds. The molecule has 3 heterocycles. The summed E-state index contributed by atoms with van der Waals surface area (Å²) in [7, 11) is 2.15. The third kappa shape index (κ3) is 6.05. The molecule has 0 atom stereocenters. The van der Waals surface area contributed by atoms with Gasteiger partial charge in [-0.05, 0) is 43.3 Å². The van der Waals surface area contributed by atoms with Crippen molar-refractivity contribution in [3.8, 4) is 0 Å². The molecule has 0 saturated carbocycles. The summed E-state index contributed by atoms with van der Waals surface area (Å²) >= 11 is 1.60. The van der Waals surface area contributed by atoms with Crippen LogP contribution in [0.3, 0.4) is 0 Å². The number of anilines is 1. The molecule has 2 aromatic heterocycles. The molecule has 3 aromatic rings.